The average Bonchev–Trinajstić information content (AvgIpc) is 2.02. The van der Waals surface area contributed by atoms with Crippen LogP contribution in [0, 0.1) is 0 Å². The Morgan fingerprint density at radius 1 is 1.36 bits per heavy atom. The van der Waals surface area contributed by atoms with Gasteiger partial charge >= 0.3 is 6.18 Å². The van der Waals surface area contributed by atoms with E-state index in [1.807, 2.05) is 20.0 Å². The van der Waals surface area contributed by atoms with Gasteiger partial charge in [0.25, 0.3) is 0 Å². The van der Waals surface area contributed by atoms with Gasteiger partial charge < -0.3 is 5.32 Å². The van der Waals surface area contributed by atoms with E-state index < -0.39 is 12.6 Å². The van der Waals surface area contributed by atoms with Crippen LogP contribution in [0.3, 0.4) is 0 Å². The standard InChI is InChI=1S/C10H18F3N/c1-9(6-4-8-14-2)5-3-7-10(11,12)13/h6,14H,3-5,7-8H2,1-2H3/b9-6-. The topological polar surface area (TPSA) is 12.0 Å². The van der Waals surface area contributed by atoms with Crippen LogP contribution in [0.25, 0.3) is 0 Å². The molecule has 0 aromatic heterocycles. The summed E-state index contributed by atoms with van der Waals surface area (Å²) in [7, 11) is 1.85. The average molecular weight is 209 g/mol. The predicted molar refractivity (Wildman–Crippen MR) is 52.2 cm³/mol. The number of hydrogen-bond acceptors (Lipinski definition) is 1. The number of nitrogens with one attached hydrogen (secondary N) is 1. The first-order valence-electron chi connectivity index (χ1n) is 4.82. The molecule has 14 heavy (non-hydrogen) atoms. The van der Waals surface area contributed by atoms with Crippen LogP contribution in [0.4, 0.5) is 13.2 Å². The summed E-state index contributed by atoms with van der Waals surface area (Å²) in [5.41, 5.74) is 1.05. The molecule has 0 aromatic rings. The van der Waals surface area contributed by atoms with Crippen LogP contribution in [0.2, 0.25) is 0 Å². The summed E-state index contributed by atoms with van der Waals surface area (Å²) in [5.74, 6) is 0. The van der Waals surface area contributed by atoms with E-state index in [0.717, 1.165) is 18.5 Å². The molecule has 0 saturated carbocycles. The van der Waals surface area contributed by atoms with E-state index in [0.29, 0.717) is 6.42 Å². The Morgan fingerprint density at radius 3 is 2.50 bits per heavy atom. The number of alkyl halides is 3. The maximum Gasteiger partial charge on any atom is 0.389 e. The highest BCUT2D eigenvalue weighted by Gasteiger charge is 2.25. The van der Waals surface area contributed by atoms with Gasteiger partial charge in [-0.1, -0.05) is 11.6 Å². The van der Waals surface area contributed by atoms with E-state index in [1.165, 1.54) is 0 Å². The zero-order valence-electron chi connectivity index (χ0n) is 8.75. The molecular formula is C10H18F3N. The summed E-state index contributed by atoms with van der Waals surface area (Å²) in [6, 6.07) is 0. The van der Waals surface area contributed by atoms with E-state index in [4.69, 9.17) is 0 Å². The van der Waals surface area contributed by atoms with Crippen molar-refractivity contribution in [3.05, 3.63) is 11.6 Å². The SMILES string of the molecule is CNCC/C=C(/C)CCCC(F)(F)F. The van der Waals surface area contributed by atoms with Crippen molar-refractivity contribution in [2.24, 2.45) is 0 Å². The smallest absolute Gasteiger partial charge is 0.319 e. The van der Waals surface area contributed by atoms with E-state index >= 15 is 0 Å². The lowest BCUT2D eigenvalue weighted by Gasteiger charge is -2.05. The predicted octanol–water partition coefficient (Wildman–Crippen LogP) is 3.27. The highest BCUT2D eigenvalue weighted by atomic mass is 19.4. The maximum absolute atomic E-state index is 11.8. The van der Waals surface area contributed by atoms with Gasteiger partial charge in [-0.3, -0.25) is 0 Å². The van der Waals surface area contributed by atoms with E-state index in [-0.39, 0.29) is 6.42 Å². The highest BCUT2D eigenvalue weighted by Crippen LogP contribution is 2.23. The molecule has 0 aliphatic rings. The second kappa shape index (κ2) is 6.87. The van der Waals surface area contributed by atoms with Gasteiger partial charge in [0.05, 0.1) is 0 Å². The minimum Gasteiger partial charge on any atom is -0.319 e. The summed E-state index contributed by atoms with van der Waals surface area (Å²) in [6.45, 7) is 2.75. The third-order valence-electron chi connectivity index (χ3n) is 1.92. The second-order valence-electron chi connectivity index (χ2n) is 3.41. The first kappa shape index (κ1) is 13.5. The van der Waals surface area contributed by atoms with Gasteiger partial charge in [0.1, 0.15) is 0 Å². The Hall–Kier alpha value is -0.510. The van der Waals surface area contributed by atoms with E-state index in [2.05, 4.69) is 5.32 Å². The summed E-state index contributed by atoms with van der Waals surface area (Å²) in [4.78, 5) is 0. The molecule has 0 fully saturated rings. The third-order valence-corrected chi connectivity index (χ3v) is 1.92. The molecular weight excluding hydrogens is 191 g/mol. The fraction of sp³-hybridized carbons (Fsp3) is 0.800. The molecule has 0 saturated heterocycles. The second-order valence-corrected chi connectivity index (χ2v) is 3.41. The van der Waals surface area contributed by atoms with Crippen molar-refractivity contribution in [3.8, 4) is 0 Å². The molecule has 0 aromatic carbocycles. The van der Waals surface area contributed by atoms with Gasteiger partial charge in [-0.2, -0.15) is 13.2 Å². The van der Waals surface area contributed by atoms with Crippen LogP contribution in [-0.4, -0.2) is 19.8 Å². The van der Waals surface area contributed by atoms with Gasteiger partial charge in [-0.15, -0.1) is 0 Å². The molecule has 0 atom stereocenters. The Morgan fingerprint density at radius 2 is 2.00 bits per heavy atom. The molecule has 1 N–H and O–H groups in total. The fourth-order valence-electron chi connectivity index (χ4n) is 1.13. The molecule has 0 unspecified atom stereocenters. The third kappa shape index (κ3) is 9.58. The number of allylic oxidation sites excluding steroid dienone is 1. The molecule has 4 heteroatoms. The normalized spacial score (nSPS) is 13.4. The summed E-state index contributed by atoms with van der Waals surface area (Å²) in [6.07, 6.45) is -1.06. The molecule has 84 valence electrons. The van der Waals surface area contributed by atoms with Crippen LogP contribution >= 0.6 is 0 Å². The fourth-order valence-corrected chi connectivity index (χ4v) is 1.13. The molecule has 0 amide bonds. The van der Waals surface area contributed by atoms with Crippen LogP contribution in [0.15, 0.2) is 11.6 Å². The van der Waals surface area contributed by atoms with Crippen molar-refractivity contribution in [2.75, 3.05) is 13.6 Å². The van der Waals surface area contributed by atoms with Crippen LogP contribution in [-0.2, 0) is 0 Å². The molecule has 1 nitrogen and oxygen atoms in total. The summed E-state index contributed by atoms with van der Waals surface area (Å²) in [5, 5.41) is 2.98. The minimum absolute atomic E-state index is 0.200. The van der Waals surface area contributed by atoms with Gasteiger partial charge in [0, 0.05) is 6.42 Å². The van der Waals surface area contributed by atoms with Crippen molar-refractivity contribution < 1.29 is 13.2 Å². The van der Waals surface area contributed by atoms with Crippen molar-refractivity contribution >= 4 is 0 Å². The molecule has 0 bridgehead atoms. The van der Waals surface area contributed by atoms with E-state index in [1.54, 1.807) is 0 Å². The largest absolute Gasteiger partial charge is 0.389 e. The summed E-state index contributed by atoms with van der Waals surface area (Å²) < 4.78 is 35.3. The Bertz CT molecular complexity index is 173. The van der Waals surface area contributed by atoms with Crippen molar-refractivity contribution in [2.45, 2.75) is 38.8 Å². The first-order chi connectivity index (χ1) is 6.45. The van der Waals surface area contributed by atoms with E-state index in [9.17, 15) is 13.2 Å². The lowest BCUT2D eigenvalue weighted by Crippen LogP contribution is -2.07. The molecule has 0 spiro atoms. The van der Waals surface area contributed by atoms with Crippen LogP contribution in [0.1, 0.15) is 32.6 Å². The molecule has 0 aliphatic heterocycles. The number of halogens is 3. The van der Waals surface area contributed by atoms with Crippen molar-refractivity contribution in [1.82, 2.24) is 5.32 Å². The Balaban J connectivity index is 3.53. The molecule has 0 radical (unpaired) electrons. The van der Waals surface area contributed by atoms with Crippen molar-refractivity contribution in [3.63, 3.8) is 0 Å². The minimum atomic E-state index is -4.01. The Kier molecular flexibility index (Phi) is 6.62. The first-order valence-corrected chi connectivity index (χ1v) is 4.82. The van der Waals surface area contributed by atoms with Gasteiger partial charge in [0.2, 0.25) is 0 Å². The van der Waals surface area contributed by atoms with Gasteiger partial charge in [-0.05, 0) is 39.8 Å². The van der Waals surface area contributed by atoms with Gasteiger partial charge in [0.15, 0.2) is 0 Å². The maximum atomic E-state index is 11.8. The zero-order valence-corrected chi connectivity index (χ0v) is 8.75. The zero-order chi connectivity index (χ0) is 11.0. The van der Waals surface area contributed by atoms with Crippen LogP contribution < -0.4 is 5.32 Å². The lowest BCUT2D eigenvalue weighted by molar-refractivity contribution is -0.135. The summed E-state index contributed by atoms with van der Waals surface area (Å²) >= 11 is 0. The monoisotopic (exact) mass is 209 g/mol. The van der Waals surface area contributed by atoms with Gasteiger partial charge in [-0.25, -0.2) is 0 Å². The lowest BCUT2D eigenvalue weighted by atomic mass is 10.1. The van der Waals surface area contributed by atoms with Crippen molar-refractivity contribution in [1.29, 1.82) is 0 Å². The molecule has 0 aliphatic carbocycles. The van der Waals surface area contributed by atoms with Crippen LogP contribution in [0.5, 0.6) is 0 Å². The molecule has 0 heterocycles. The number of hydrogen-bond donors (Lipinski definition) is 1. The molecule has 0 rings (SSSR count). The Labute approximate surface area is 83.4 Å². The quantitative estimate of drug-likeness (QED) is 0.523. The number of rotatable bonds is 6. The highest BCUT2D eigenvalue weighted by molar-refractivity contribution is 4.97.